The summed E-state index contributed by atoms with van der Waals surface area (Å²) in [6.07, 6.45) is 10.6. The van der Waals surface area contributed by atoms with Crippen LogP contribution in [0.15, 0.2) is 36.9 Å². The van der Waals surface area contributed by atoms with Gasteiger partial charge in [0.05, 0.1) is 58.8 Å². The first-order valence-electron chi connectivity index (χ1n) is 12.7. The Morgan fingerprint density at radius 3 is 2.82 bits per heavy atom. The molecule has 13 heteroatoms. The summed E-state index contributed by atoms with van der Waals surface area (Å²) in [7, 11) is -3.42. The van der Waals surface area contributed by atoms with E-state index < -0.39 is 16.1 Å². The van der Waals surface area contributed by atoms with Crippen LogP contribution in [0, 0.1) is 5.92 Å². The number of fused-ring (bicyclic) bond motifs is 2. The molecule has 200 valence electrons. The molecular formula is C25H28N6O5S2. The number of nitrogens with one attached hydrogen (secondary N) is 2. The molecule has 0 spiro atoms. The number of sulfonamides is 1. The zero-order valence-corrected chi connectivity index (χ0v) is 22.4. The number of hydrogen-bond donors (Lipinski definition) is 2. The van der Waals surface area contributed by atoms with Gasteiger partial charge >= 0.3 is 0 Å². The second kappa shape index (κ2) is 10.2. The van der Waals surface area contributed by atoms with Gasteiger partial charge in [0.15, 0.2) is 5.01 Å². The maximum Gasteiger partial charge on any atom is 0.280 e. The van der Waals surface area contributed by atoms with Crippen molar-refractivity contribution in [3.63, 3.8) is 0 Å². The summed E-state index contributed by atoms with van der Waals surface area (Å²) in [6, 6.07) is 2.87. The number of amides is 1. The number of pyridine rings is 1. The topological polar surface area (TPSA) is 145 Å². The molecule has 3 fully saturated rings. The second-order valence-electron chi connectivity index (χ2n) is 9.75. The highest BCUT2D eigenvalue weighted by molar-refractivity contribution is 7.93. The van der Waals surface area contributed by atoms with E-state index in [0.29, 0.717) is 47.3 Å². The fraction of sp³-hybridized carbons (Fsp3) is 0.480. The third-order valence-electron chi connectivity index (χ3n) is 7.05. The molecule has 2 N–H and O–H groups in total. The summed E-state index contributed by atoms with van der Waals surface area (Å²) in [4.78, 5) is 31.6. The fourth-order valence-electron chi connectivity index (χ4n) is 5.12. The Labute approximate surface area is 224 Å². The maximum atomic E-state index is 13.4. The smallest absolute Gasteiger partial charge is 0.280 e. The number of rotatable bonds is 10. The molecule has 2 bridgehead atoms. The fourth-order valence-corrected chi connectivity index (χ4v) is 7.27. The average Bonchev–Trinajstić information content (AvgIpc) is 3.31. The predicted molar refractivity (Wildman–Crippen MR) is 140 cm³/mol. The van der Waals surface area contributed by atoms with Crippen molar-refractivity contribution in [1.29, 1.82) is 0 Å². The Morgan fingerprint density at radius 2 is 2.08 bits per heavy atom. The van der Waals surface area contributed by atoms with Crippen molar-refractivity contribution in [3.05, 3.63) is 47.6 Å². The van der Waals surface area contributed by atoms with Crippen LogP contribution in [0.4, 0.5) is 5.69 Å². The lowest BCUT2D eigenvalue weighted by molar-refractivity contribution is 0.0790. The van der Waals surface area contributed by atoms with E-state index in [1.165, 1.54) is 17.5 Å². The molecule has 1 amide bonds. The van der Waals surface area contributed by atoms with E-state index in [1.807, 2.05) is 6.92 Å². The Morgan fingerprint density at radius 1 is 1.21 bits per heavy atom. The average molecular weight is 557 g/mol. The van der Waals surface area contributed by atoms with Gasteiger partial charge in [-0.2, -0.15) is 0 Å². The van der Waals surface area contributed by atoms with Crippen molar-refractivity contribution in [2.45, 2.75) is 62.5 Å². The standard InChI is InChI=1S/C25H28N6O5S2/c1-2-35-22-13-26-11-19(29-22)21-12-28-25(37-21)24(32)30-23(17-10-15-3-6-20(17)36-15)18-9-14(7-8-27-18)31-38(33,34)16-4-5-16/h7-9,11-13,15-17,20,23H,2-6,10H2,1H3,(H,27,31)(H,30,32)/t15-,17+,20+,23-/m0/s1. The van der Waals surface area contributed by atoms with Crippen LogP contribution in [0.3, 0.4) is 0 Å². The maximum absolute atomic E-state index is 13.4. The SMILES string of the molecule is CCOc1cncc(-c2cnc(C(=O)N[C@H](c3cc(NS(=O)(=O)C4CC4)ccn3)[C@@H]3C[C@@H]4CC[C@H]3O4)s2)n1. The summed E-state index contributed by atoms with van der Waals surface area (Å²) in [6.45, 7) is 2.34. The summed E-state index contributed by atoms with van der Waals surface area (Å²) >= 11 is 1.21. The number of anilines is 1. The van der Waals surface area contributed by atoms with Gasteiger partial charge in [0.2, 0.25) is 15.9 Å². The Bertz CT molecular complexity index is 1440. The van der Waals surface area contributed by atoms with Crippen molar-refractivity contribution in [3.8, 4) is 16.5 Å². The van der Waals surface area contributed by atoms with Crippen LogP contribution in [-0.4, -0.2) is 58.3 Å². The van der Waals surface area contributed by atoms with Gasteiger partial charge in [-0.15, -0.1) is 11.3 Å². The number of aromatic nitrogens is 4. The van der Waals surface area contributed by atoms with Gasteiger partial charge in [-0.1, -0.05) is 0 Å². The van der Waals surface area contributed by atoms with E-state index in [9.17, 15) is 13.2 Å². The highest BCUT2D eigenvalue weighted by Crippen LogP contribution is 2.45. The zero-order valence-electron chi connectivity index (χ0n) is 20.7. The largest absolute Gasteiger partial charge is 0.477 e. The molecule has 4 atom stereocenters. The third-order valence-corrected chi connectivity index (χ3v) is 9.94. The first-order chi connectivity index (χ1) is 18.4. The van der Waals surface area contributed by atoms with Crippen LogP contribution < -0.4 is 14.8 Å². The molecule has 3 aromatic rings. The Kier molecular flexibility index (Phi) is 6.74. The van der Waals surface area contributed by atoms with Crippen LogP contribution in [0.25, 0.3) is 10.6 Å². The first kappa shape index (κ1) is 25.1. The summed E-state index contributed by atoms with van der Waals surface area (Å²) in [5.74, 6) is 0.0892. The minimum Gasteiger partial charge on any atom is -0.477 e. The van der Waals surface area contributed by atoms with Crippen LogP contribution in [0.1, 0.15) is 60.6 Å². The molecular weight excluding hydrogens is 528 g/mol. The highest BCUT2D eigenvalue weighted by atomic mass is 32.2. The predicted octanol–water partition coefficient (Wildman–Crippen LogP) is 3.34. The van der Waals surface area contributed by atoms with Crippen molar-refractivity contribution >= 4 is 33.0 Å². The molecule has 0 radical (unpaired) electrons. The first-order valence-corrected chi connectivity index (χ1v) is 15.1. The zero-order chi connectivity index (χ0) is 26.3. The molecule has 0 aromatic carbocycles. The van der Waals surface area contributed by atoms with Crippen molar-refractivity contribution in [1.82, 2.24) is 25.3 Å². The number of carbonyl (C=O) groups excluding carboxylic acids is 1. The highest BCUT2D eigenvalue weighted by Gasteiger charge is 2.46. The molecule has 3 aromatic heterocycles. The molecule has 11 nitrogen and oxygen atoms in total. The van der Waals surface area contributed by atoms with E-state index in [0.717, 1.165) is 19.3 Å². The van der Waals surface area contributed by atoms with Gasteiger partial charge in [-0.05, 0) is 51.2 Å². The normalized spacial score (nSPS) is 23.2. The number of ether oxygens (including phenoxy) is 2. The second-order valence-corrected chi connectivity index (χ2v) is 12.7. The summed E-state index contributed by atoms with van der Waals surface area (Å²) < 4.78 is 39.2. The third kappa shape index (κ3) is 5.22. The summed E-state index contributed by atoms with van der Waals surface area (Å²) in [5, 5.41) is 3.07. The Balaban J connectivity index is 1.25. The van der Waals surface area contributed by atoms with Gasteiger partial charge in [0.1, 0.15) is 5.69 Å². The van der Waals surface area contributed by atoms with Crippen molar-refractivity contribution < 1.29 is 22.7 Å². The van der Waals surface area contributed by atoms with Gasteiger partial charge in [-0.25, -0.2) is 18.4 Å². The molecule has 3 aliphatic rings. The lowest BCUT2D eigenvalue weighted by Gasteiger charge is -2.29. The minimum atomic E-state index is -3.42. The van der Waals surface area contributed by atoms with Crippen LogP contribution in [0.2, 0.25) is 0 Å². The molecule has 1 saturated carbocycles. The van der Waals surface area contributed by atoms with Crippen LogP contribution in [0.5, 0.6) is 5.88 Å². The number of thiazole rings is 1. The molecule has 5 heterocycles. The van der Waals surface area contributed by atoms with Crippen LogP contribution in [-0.2, 0) is 14.8 Å². The van der Waals surface area contributed by atoms with Crippen molar-refractivity contribution in [2.75, 3.05) is 11.3 Å². The van der Waals surface area contributed by atoms with Gasteiger partial charge < -0.3 is 14.8 Å². The quantitative estimate of drug-likeness (QED) is 0.384. The molecule has 2 aliphatic heterocycles. The lowest BCUT2D eigenvalue weighted by Crippen LogP contribution is -2.38. The molecule has 0 unspecified atom stereocenters. The number of hydrogen-bond acceptors (Lipinski definition) is 10. The molecule has 6 rings (SSSR count). The van der Waals surface area contributed by atoms with Gasteiger partial charge in [0.25, 0.3) is 5.91 Å². The van der Waals surface area contributed by atoms with Crippen LogP contribution >= 0.6 is 11.3 Å². The van der Waals surface area contributed by atoms with E-state index >= 15 is 0 Å². The van der Waals surface area contributed by atoms with E-state index in [-0.39, 0.29) is 34.3 Å². The van der Waals surface area contributed by atoms with E-state index in [2.05, 4.69) is 30.0 Å². The Hall–Kier alpha value is -3.16. The van der Waals surface area contributed by atoms with E-state index in [4.69, 9.17) is 9.47 Å². The van der Waals surface area contributed by atoms with E-state index in [1.54, 1.807) is 30.7 Å². The molecule has 38 heavy (non-hydrogen) atoms. The monoisotopic (exact) mass is 556 g/mol. The number of nitrogens with zero attached hydrogens (tertiary/aromatic N) is 4. The minimum absolute atomic E-state index is 0.0161. The lowest BCUT2D eigenvalue weighted by atomic mass is 9.82. The van der Waals surface area contributed by atoms with Gasteiger partial charge in [-0.3, -0.25) is 19.5 Å². The number of carbonyl (C=O) groups is 1. The molecule has 2 saturated heterocycles. The summed E-state index contributed by atoms with van der Waals surface area (Å²) in [5.41, 5.74) is 1.60. The van der Waals surface area contributed by atoms with Crippen molar-refractivity contribution in [2.24, 2.45) is 5.92 Å². The molecule has 1 aliphatic carbocycles. The van der Waals surface area contributed by atoms with Gasteiger partial charge in [0, 0.05) is 18.3 Å².